The number of aryl methyl sites for hydroxylation is 1. The zero-order chi connectivity index (χ0) is 12.3. The lowest BCUT2D eigenvalue weighted by molar-refractivity contribution is 0.0854. The SMILES string of the molecule is CCc1ccc(C(=O)NC2(CCl)CCC2)cc1. The van der Waals surface area contributed by atoms with Gasteiger partial charge in [-0.2, -0.15) is 0 Å². The van der Waals surface area contributed by atoms with Gasteiger partial charge in [0.1, 0.15) is 0 Å². The first kappa shape index (κ1) is 12.4. The highest BCUT2D eigenvalue weighted by Gasteiger charge is 2.37. The highest BCUT2D eigenvalue weighted by molar-refractivity contribution is 6.19. The van der Waals surface area contributed by atoms with Crippen LogP contribution in [0.1, 0.15) is 42.1 Å². The van der Waals surface area contributed by atoms with Crippen LogP contribution in [0, 0.1) is 0 Å². The Morgan fingerprint density at radius 2 is 2.00 bits per heavy atom. The summed E-state index contributed by atoms with van der Waals surface area (Å²) in [5, 5.41) is 3.06. The van der Waals surface area contributed by atoms with Crippen LogP contribution in [-0.4, -0.2) is 17.3 Å². The monoisotopic (exact) mass is 251 g/mol. The van der Waals surface area contributed by atoms with Crippen molar-refractivity contribution in [3.8, 4) is 0 Å². The van der Waals surface area contributed by atoms with Gasteiger partial charge in [0.05, 0.1) is 5.54 Å². The van der Waals surface area contributed by atoms with Crippen LogP contribution in [0.15, 0.2) is 24.3 Å². The van der Waals surface area contributed by atoms with E-state index in [9.17, 15) is 4.79 Å². The summed E-state index contributed by atoms with van der Waals surface area (Å²) in [6.45, 7) is 2.10. The zero-order valence-electron chi connectivity index (χ0n) is 10.1. The van der Waals surface area contributed by atoms with E-state index in [1.54, 1.807) is 0 Å². The number of carbonyl (C=O) groups is 1. The molecule has 2 nitrogen and oxygen atoms in total. The van der Waals surface area contributed by atoms with E-state index in [0.717, 1.165) is 31.2 Å². The molecule has 0 radical (unpaired) electrons. The molecule has 0 unspecified atom stereocenters. The van der Waals surface area contributed by atoms with Gasteiger partial charge in [0.15, 0.2) is 0 Å². The van der Waals surface area contributed by atoms with E-state index in [0.29, 0.717) is 5.88 Å². The summed E-state index contributed by atoms with van der Waals surface area (Å²) in [4.78, 5) is 12.0. The van der Waals surface area contributed by atoms with Gasteiger partial charge in [-0.15, -0.1) is 11.6 Å². The van der Waals surface area contributed by atoms with Crippen molar-refractivity contribution >= 4 is 17.5 Å². The molecule has 1 aliphatic rings. The average molecular weight is 252 g/mol. The molecular formula is C14H18ClNO. The van der Waals surface area contributed by atoms with Crippen LogP contribution in [0.5, 0.6) is 0 Å². The van der Waals surface area contributed by atoms with Gasteiger partial charge in [0, 0.05) is 11.4 Å². The number of benzene rings is 1. The van der Waals surface area contributed by atoms with Crippen molar-refractivity contribution in [2.75, 3.05) is 5.88 Å². The summed E-state index contributed by atoms with van der Waals surface area (Å²) in [5.41, 5.74) is 1.82. The van der Waals surface area contributed by atoms with Crippen molar-refractivity contribution in [1.29, 1.82) is 0 Å². The number of halogens is 1. The Hall–Kier alpha value is -1.02. The van der Waals surface area contributed by atoms with Gasteiger partial charge in [-0.05, 0) is 43.4 Å². The Balaban J connectivity index is 2.03. The number of nitrogens with one attached hydrogen (secondary N) is 1. The Morgan fingerprint density at radius 3 is 2.41 bits per heavy atom. The Labute approximate surface area is 107 Å². The number of carbonyl (C=O) groups excluding carboxylic acids is 1. The molecule has 17 heavy (non-hydrogen) atoms. The van der Waals surface area contributed by atoms with E-state index >= 15 is 0 Å². The van der Waals surface area contributed by atoms with E-state index in [2.05, 4.69) is 12.2 Å². The number of amides is 1. The third-order valence-corrected chi connectivity index (χ3v) is 4.08. The molecule has 0 heterocycles. The quantitative estimate of drug-likeness (QED) is 0.819. The molecule has 0 saturated heterocycles. The molecular weight excluding hydrogens is 234 g/mol. The standard InChI is InChI=1S/C14H18ClNO/c1-2-11-4-6-12(7-5-11)13(17)16-14(10-15)8-3-9-14/h4-7H,2-3,8-10H2,1H3,(H,16,17). The molecule has 92 valence electrons. The lowest BCUT2D eigenvalue weighted by Gasteiger charge is -2.41. The summed E-state index contributed by atoms with van der Waals surface area (Å²) in [6, 6.07) is 7.77. The minimum absolute atomic E-state index is 0.00648. The number of rotatable bonds is 4. The van der Waals surface area contributed by atoms with Gasteiger partial charge in [0.25, 0.3) is 5.91 Å². The van der Waals surface area contributed by atoms with Crippen molar-refractivity contribution in [1.82, 2.24) is 5.32 Å². The smallest absolute Gasteiger partial charge is 0.251 e. The molecule has 1 aromatic carbocycles. The maximum Gasteiger partial charge on any atom is 0.251 e. The minimum atomic E-state index is -0.151. The molecule has 0 aliphatic heterocycles. The van der Waals surface area contributed by atoms with Crippen LogP contribution < -0.4 is 5.32 Å². The molecule has 0 aromatic heterocycles. The lowest BCUT2D eigenvalue weighted by Crippen LogP contribution is -2.55. The van der Waals surface area contributed by atoms with Crippen LogP contribution in [0.4, 0.5) is 0 Å². The van der Waals surface area contributed by atoms with Gasteiger partial charge in [-0.25, -0.2) is 0 Å². The second-order valence-corrected chi connectivity index (χ2v) is 5.04. The third-order valence-electron chi connectivity index (χ3n) is 3.57. The molecule has 0 spiro atoms. The topological polar surface area (TPSA) is 29.1 Å². The van der Waals surface area contributed by atoms with Crippen molar-refractivity contribution < 1.29 is 4.79 Å². The van der Waals surface area contributed by atoms with E-state index in [1.165, 1.54) is 5.56 Å². The largest absolute Gasteiger partial charge is 0.345 e. The van der Waals surface area contributed by atoms with Gasteiger partial charge in [0.2, 0.25) is 0 Å². The van der Waals surface area contributed by atoms with E-state index in [-0.39, 0.29) is 11.4 Å². The van der Waals surface area contributed by atoms with Crippen molar-refractivity contribution in [3.05, 3.63) is 35.4 Å². The van der Waals surface area contributed by atoms with Crippen molar-refractivity contribution in [3.63, 3.8) is 0 Å². The van der Waals surface area contributed by atoms with Gasteiger partial charge < -0.3 is 5.32 Å². The maximum atomic E-state index is 12.0. The summed E-state index contributed by atoms with van der Waals surface area (Å²) in [5.74, 6) is 0.499. The summed E-state index contributed by atoms with van der Waals surface area (Å²) in [6.07, 6.45) is 4.14. The van der Waals surface area contributed by atoms with E-state index in [1.807, 2.05) is 24.3 Å². The van der Waals surface area contributed by atoms with Gasteiger partial charge >= 0.3 is 0 Å². The predicted octanol–water partition coefficient (Wildman–Crippen LogP) is 3.14. The molecule has 1 aliphatic carbocycles. The Bertz CT molecular complexity index is 390. The second-order valence-electron chi connectivity index (χ2n) is 4.77. The molecule has 0 atom stereocenters. The van der Waals surface area contributed by atoms with Crippen LogP contribution in [0.25, 0.3) is 0 Å². The van der Waals surface area contributed by atoms with E-state index < -0.39 is 0 Å². The molecule has 3 heteroatoms. The molecule has 1 amide bonds. The van der Waals surface area contributed by atoms with Crippen LogP contribution in [0.3, 0.4) is 0 Å². The molecule has 0 bridgehead atoms. The fraction of sp³-hybridized carbons (Fsp3) is 0.500. The zero-order valence-corrected chi connectivity index (χ0v) is 10.9. The summed E-state index contributed by atoms with van der Waals surface area (Å²) < 4.78 is 0. The Morgan fingerprint density at radius 1 is 1.35 bits per heavy atom. The lowest BCUT2D eigenvalue weighted by atomic mass is 9.78. The van der Waals surface area contributed by atoms with Gasteiger partial charge in [-0.3, -0.25) is 4.79 Å². The Kier molecular flexibility index (Phi) is 3.72. The average Bonchev–Trinajstić information content (AvgIpc) is 2.33. The number of hydrogen-bond donors (Lipinski definition) is 1. The molecule has 2 rings (SSSR count). The molecule has 1 N–H and O–H groups in total. The number of alkyl halides is 1. The molecule has 1 saturated carbocycles. The summed E-state index contributed by atoms with van der Waals surface area (Å²) >= 11 is 5.92. The van der Waals surface area contributed by atoms with Crippen molar-refractivity contribution in [2.24, 2.45) is 0 Å². The fourth-order valence-corrected chi connectivity index (χ4v) is 2.43. The second kappa shape index (κ2) is 5.09. The fourth-order valence-electron chi connectivity index (χ4n) is 2.10. The summed E-state index contributed by atoms with van der Waals surface area (Å²) in [7, 11) is 0. The minimum Gasteiger partial charge on any atom is -0.345 e. The van der Waals surface area contributed by atoms with Crippen LogP contribution >= 0.6 is 11.6 Å². The first-order valence-electron chi connectivity index (χ1n) is 6.16. The third kappa shape index (κ3) is 2.63. The first-order valence-corrected chi connectivity index (χ1v) is 6.70. The first-order chi connectivity index (χ1) is 8.19. The van der Waals surface area contributed by atoms with Crippen LogP contribution in [0.2, 0.25) is 0 Å². The predicted molar refractivity (Wildman–Crippen MR) is 70.6 cm³/mol. The highest BCUT2D eigenvalue weighted by Crippen LogP contribution is 2.33. The maximum absolute atomic E-state index is 12.0. The highest BCUT2D eigenvalue weighted by atomic mass is 35.5. The molecule has 1 aromatic rings. The number of hydrogen-bond acceptors (Lipinski definition) is 1. The van der Waals surface area contributed by atoms with Crippen LogP contribution in [-0.2, 0) is 6.42 Å². The normalized spacial score (nSPS) is 17.3. The van der Waals surface area contributed by atoms with E-state index in [4.69, 9.17) is 11.6 Å². The molecule has 1 fully saturated rings. The van der Waals surface area contributed by atoms with Gasteiger partial charge in [-0.1, -0.05) is 19.1 Å². The van der Waals surface area contributed by atoms with Crippen molar-refractivity contribution in [2.45, 2.75) is 38.1 Å².